The summed E-state index contributed by atoms with van der Waals surface area (Å²) in [6.07, 6.45) is 6.02. The van der Waals surface area contributed by atoms with Gasteiger partial charge in [0.1, 0.15) is 0 Å². The smallest absolute Gasteiger partial charge is 0.296 e. The van der Waals surface area contributed by atoms with E-state index >= 15 is 0 Å². The second kappa shape index (κ2) is 6.83. The first-order valence-electron chi connectivity index (χ1n) is 9.62. The number of hydrogen-bond acceptors (Lipinski definition) is 6. The Balaban J connectivity index is 1.69. The summed E-state index contributed by atoms with van der Waals surface area (Å²) in [5.41, 5.74) is 1.05. The number of amides is 1. The first-order valence-corrected chi connectivity index (χ1v) is 9.62. The predicted molar refractivity (Wildman–Crippen MR) is 109 cm³/mol. The molecule has 1 aliphatic carbocycles. The number of carbonyl (C=O) groups is 1. The lowest BCUT2D eigenvalue weighted by molar-refractivity contribution is 0.101. The number of para-hydroxylation sites is 2. The van der Waals surface area contributed by atoms with E-state index in [0.29, 0.717) is 11.5 Å². The van der Waals surface area contributed by atoms with Crippen molar-refractivity contribution in [2.24, 2.45) is 7.05 Å². The van der Waals surface area contributed by atoms with E-state index in [2.05, 4.69) is 25.1 Å². The van der Waals surface area contributed by atoms with Gasteiger partial charge in [0, 0.05) is 19.3 Å². The number of rotatable bonds is 4. The van der Waals surface area contributed by atoms with Crippen molar-refractivity contribution in [1.29, 1.82) is 0 Å². The molecule has 1 fully saturated rings. The number of carbonyl (C=O) groups excluding carboxylic acids is 1. The Labute approximate surface area is 170 Å². The fourth-order valence-corrected chi connectivity index (χ4v) is 3.67. The molecule has 0 bridgehead atoms. The minimum atomic E-state index is -0.718. The molecule has 10 nitrogen and oxygen atoms in total. The van der Waals surface area contributed by atoms with Crippen molar-refractivity contribution < 1.29 is 9.90 Å². The summed E-state index contributed by atoms with van der Waals surface area (Å²) in [5, 5.41) is 19.2. The molecular formula is C20H19N7O3. The van der Waals surface area contributed by atoms with Gasteiger partial charge in [-0.15, -0.1) is 0 Å². The standard InChI is InChI=1S/C20H19N7O3/c1-26-17(18-24-13-7-2-3-8-14(13)27(18)12-5-4-6-12)25-15(16(28)20(26)30)19(29)23-11-9-21-22-10-11/h2-3,7-10,12,28H,4-6H2,1H3,(H,21,22)(H,23,29). The van der Waals surface area contributed by atoms with Crippen LogP contribution in [0.5, 0.6) is 5.75 Å². The molecule has 1 saturated carbocycles. The van der Waals surface area contributed by atoms with Crippen LogP contribution < -0.4 is 10.9 Å². The molecule has 0 aliphatic heterocycles. The zero-order valence-corrected chi connectivity index (χ0v) is 16.2. The maximum atomic E-state index is 12.7. The van der Waals surface area contributed by atoms with Gasteiger partial charge >= 0.3 is 0 Å². The molecule has 152 valence electrons. The third kappa shape index (κ3) is 2.76. The van der Waals surface area contributed by atoms with Gasteiger partial charge in [-0.25, -0.2) is 9.97 Å². The minimum absolute atomic E-state index is 0.221. The highest BCUT2D eigenvalue weighted by molar-refractivity contribution is 6.04. The van der Waals surface area contributed by atoms with Crippen LogP contribution in [0.3, 0.4) is 0 Å². The zero-order chi connectivity index (χ0) is 20.8. The summed E-state index contributed by atoms with van der Waals surface area (Å²) in [5.74, 6) is -0.705. The Morgan fingerprint density at radius 2 is 2.03 bits per heavy atom. The fraction of sp³-hybridized carbons (Fsp3) is 0.250. The molecule has 5 rings (SSSR count). The summed E-state index contributed by atoms with van der Waals surface area (Å²) in [4.78, 5) is 34.5. The number of hydrogen-bond donors (Lipinski definition) is 3. The Morgan fingerprint density at radius 3 is 2.73 bits per heavy atom. The number of benzene rings is 1. The van der Waals surface area contributed by atoms with E-state index in [9.17, 15) is 14.7 Å². The van der Waals surface area contributed by atoms with Crippen LogP contribution in [0, 0.1) is 0 Å². The van der Waals surface area contributed by atoms with E-state index in [0.717, 1.165) is 30.3 Å². The summed E-state index contributed by atoms with van der Waals surface area (Å²) < 4.78 is 3.30. The molecule has 0 atom stereocenters. The molecule has 3 N–H and O–H groups in total. The molecule has 0 spiro atoms. The fourth-order valence-electron chi connectivity index (χ4n) is 3.67. The third-order valence-corrected chi connectivity index (χ3v) is 5.47. The SMILES string of the molecule is Cn1c(-c2nc3ccccc3n2C2CCC2)nc(C(=O)Nc2cn[nH]c2)c(O)c1=O. The Morgan fingerprint density at radius 1 is 1.23 bits per heavy atom. The number of fused-ring (bicyclic) bond motifs is 1. The number of nitrogens with zero attached hydrogens (tertiary/aromatic N) is 5. The second-order valence-corrected chi connectivity index (χ2v) is 7.32. The number of aromatic nitrogens is 6. The van der Waals surface area contributed by atoms with Gasteiger partial charge < -0.3 is 15.0 Å². The number of nitrogens with one attached hydrogen (secondary N) is 2. The molecule has 30 heavy (non-hydrogen) atoms. The maximum absolute atomic E-state index is 12.7. The van der Waals surface area contributed by atoms with Crippen LogP contribution in [0.1, 0.15) is 35.8 Å². The zero-order valence-electron chi connectivity index (χ0n) is 16.2. The van der Waals surface area contributed by atoms with Gasteiger partial charge in [0.15, 0.2) is 17.3 Å². The highest BCUT2D eigenvalue weighted by atomic mass is 16.3. The Hall–Kier alpha value is -3.95. The molecule has 0 radical (unpaired) electrons. The number of imidazole rings is 1. The molecule has 3 heterocycles. The molecule has 10 heteroatoms. The summed E-state index contributed by atoms with van der Waals surface area (Å²) in [7, 11) is 1.51. The lowest BCUT2D eigenvalue weighted by Gasteiger charge is -2.29. The van der Waals surface area contributed by atoms with Crippen LogP contribution in [0.2, 0.25) is 0 Å². The van der Waals surface area contributed by atoms with Crippen molar-refractivity contribution in [1.82, 2.24) is 29.3 Å². The number of aromatic amines is 1. The first kappa shape index (κ1) is 18.1. The highest BCUT2D eigenvalue weighted by Crippen LogP contribution is 2.38. The van der Waals surface area contributed by atoms with Gasteiger partial charge in [-0.3, -0.25) is 19.3 Å². The molecule has 1 aromatic carbocycles. The summed E-state index contributed by atoms with van der Waals surface area (Å²) in [6, 6.07) is 7.97. The Kier molecular flexibility index (Phi) is 4.12. The van der Waals surface area contributed by atoms with Crippen molar-refractivity contribution in [3.05, 3.63) is 52.7 Å². The van der Waals surface area contributed by atoms with Crippen LogP contribution >= 0.6 is 0 Å². The molecular weight excluding hydrogens is 386 g/mol. The molecule has 0 unspecified atom stereocenters. The van der Waals surface area contributed by atoms with E-state index in [4.69, 9.17) is 4.98 Å². The monoisotopic (exact) mass is 405 g/mol. The maximum Gasteiger partial charge on any atom is 0.296 e. The van der Waals surface area contributed by atoms with Gasteiger partial charge in [0.25, 0.3) is 11.5 Å². The van der Waals surface area contributed by atoms with Crippen LogP contribution in [0.4, 0.5) is 5.69 Å². The lowest BCUT2D eigenvalue weighted by atomic mass is 9.92. The van der Waals surface area contributed by atoms with Crippen molar-refractivity contribution >= 4 is 22.6 Å². The number of H-pyrrole nitrogens is 1. The van der Waals surface area contributed by atoms with Crippen molar-refractivity contribution in [3.8, 4) is 17.4 Å². The predicted octanol–water partition coefficient (Wildman–Crippen LogP) is 2.20. The van der Waals surface area contributed by atoms with Crippen molar-refractivity contribution in [2.45, 2.75) is 25.3 Å². The van der Waals surface area contributed by atoms with Crippen LogP contribution in [-0.4, -0.2) is 40.3 Å². The topological polar surface area (TPSA) is 131 Å². The van der Waals surface area contributed by atoms with E-state index < -0.39 is 17.2 Å². The van der Waals surface area contributed by atoms with Gasteiger partial charge in [-0.05, 0) is 31.4 Å². The summed E-state index contributed by atoms with van der Waals surface area (Å²) >= 11 is 0. The summed E-state index contributed by atoms with van der Waals surface area (Å²) in [6.45, 7) is 0. The van der Waals surface area contributed by atoms with Crippen LogP contribution in [0.25, 0.3) is 22.7 Å². The second-order valence-electron chi connectivity index (χ2n) is 7.32. The number of aromatic hydroxyl groups is 1. The van der Waals surface area contributed by atoms with Gasteiger partial charge in [0.2, 0.25) is 5.75 Å². The molecule has 3 aromatic heterocycles. The first-order chi connectivity index (χ1) is 14.5. The highest BCUT2D eigenvalue weighted by Gasteiger charge is 2.29. The third-order valence-electron chi connectivity index (χ3n) is 5.47. The molecule has 1 aliphatic rings. The van der Waals surface area contributed by atoms with E-state index in [1.165, 1.54) is 24.0 Å². The van der Waals surface area contributed by atoms with Crippen molar-refractivity contribution in [2.75, 3.05) is 5.32 Å². The van der Waals surface area contributed by atoms with Crippen LogP contribution in [-0.2, 0) is 7.05 Å². The normalized spacial score (nSPS) is 14.0. The van der Waals surface area contributed by atoms with E-state index in [-0.39, 0.29) is 17.6 Å². The lowest BCUT2D eigenvalue weighted by Crippen LogP contribution is -2.27. The Bertz CT molecular complexity index is 1320. The molecule has 4 aromatic rings. The molecule has 0 saturated heterocycles. The average molecular weight is 405 g/mol. The largest absolute Gasteiger partial charge is 0.501 e. The van der Waals surface area contributed by atoms with E-state index in [1.54, 1.807) is 0 Å². The minimum Gasteiger partial charge on any atom is -0.501 e. The average Bonchev–Trinajstić information content (AvgIpc) is 3.33. The van der Waals surface area contributed by atoms with Crippen molar-refractivity contribution in [3.63, 3.8) is 0 Å². The quantitative estimate of drug-likeness (QED) is 0.477. The van der Waals surface area contributed by atoms with Gasteiger partial charge in [-0.2, -0.15) is 5.10 Å². The molecule has 1 amide bonds. The van der Waals surface area contributed by atoms with Gasteiger partial charge in [0.05, 0.1) is 22.9 Å². The van der Waals surface area contributed by atoms with Gasteiger partial charge in [-0.1, -0.05) is 12.1 Å². The van der Waals surface area contributed by atoms with Crippen LogP contribution in [0.15, 0.2) is 41.5 Å². The van der Waals surface area contributed by atoms with E-state index in [1.807, 2.05) is 24.3 Å². The number of anilines is 1.